The van der Waals surface area contributed by atoms with Crippen molar-refractivity contribution in [3.8, 4) is 16.3 Å². The van der Waals surface area contributed by atoms with Crippen molar-refractivity contribution in [1.82, 2.24) is 19.9 Å². The van der Waals surface area contributed by atoms with Crippen LogP contribution in [-0.2, 0) is 11.3 Å². The average Bonchev–Trinajstić information content (AvgIpc) is 3.58. The Bertz CT molecular complexity index is 1270. The second-order valence-electron chi connectivity index (χ2n) is 9.99. The van der Waals surface area contributed by atoms with Crippen LogP contribution >= 0.6 is 11.3 Å². The molecule has 0 spiro atoms. The van der Waals surface area contributed by atoms with E-state index in [2.05, 4.69) is 32.4 Å². The molecule has 1 unspecified atom stereocenters. The lowest BCUT2D eigenvalue weighted by atomic mass is 10.0. The molecule has 1 saturated carbocycles. The molecule has 196 valence electrons. The van der Waals surface area contributed by atoms with E-state index < -0.39 is 0 Å². The van der Waals surface area contributed by atoms with Gasteiger partial charge in [0, 0.05) is 30.6 Å². The number of hydrogen-bond donors (Lipinski definition) is 1. The van der Waals surface area contributed by atoms with Gasteiger partial charge >= 0.3 is 0 Å². The SMILES string of the molecule is CCC1C(=O)N(C)c2cnc(Nc3ccc(-c4nc(CN(C)C)cs4)cc3OC)nc2N1C1CCCC1. The first-order valence-electron chi connectivity index (χ1n) is 12.9. The number of nitrogens with one attached hydrogen (secondary N) is 1. The van der Waals surface area contributed by atoms with Crippen molar-refractivity contribution in [2.45, 2.75) is 57.7 Å². The molecule has 0 saturated heterocycles. The zero-order chi connectivity index (χ0) is 26.1. The molecule has 1 aliphatic carbocycles. The van der Waals surface area contributed by atoms with Crippen LogP contribution in [0.3, 0.4) is 0 Å². The number of thiazole rings is 1. The van der Waals surface area contributed by atoms with E-state index in [9.17, 15) is 4.79 Å². The monoisotopic (exact) mass is 521 g/mol. The second kappa shape index (κ2) is 10.6. The van der Waals surface area contributed by atoms with Gasteiger partial charge in [0.25, 0.3) is 0 Å². The summed E-state index contributed by atoms with van der Waals surface area (Å²) in [6.07, 6.45) is 7.04. The fraction of sp³-hybridized carbons (Fsp3) is 0.481. The molecule has 1 amide bonds. The Hall–Kier alpha value is -3.24. The number of carbonyl (C=O) groups excluding carboxylic acids is 1. The van der Waals surface area contributed by atoms with E-state index in [4.69, 9.17) is 14.7 Å². The summed E-state index contributed by atoms with van der Waals surface area (Å²) in [5.41, 5.74) is 3.58. The smallest absolute Gasteiger partial charge is 0.249 e. The molecule has 0 radical (unpaired) electrons. The number of benzene rings is 1. The van der Waals surface area contributed by atoms with Crippen LogP contribution in [0.25, 0.3) is 10.6 Å². The van der Waals surface area contributed by atoms with Crippen LogP contribution in [-0.4, -0.2) is 66.1 Å². The zero-order valence-electron chi connectivity index (χ0n) is 22.2. The summed E-state index contributed by atoms with van der Waals surface area (Å²) in [6, 6.07) is 6.12. The summed E-state index contributed by atoms with van der Waals surface area (Å²) < 4.78 is 5.72. The van der Waals surface area contributed by atoms with E-state index in [1.54, 1.807) is 29.5 Å². The summed E-state index contributed by atoms with van der Waals surface area (Å²) in [5.74, 6) is 2.10. The van der Waals surface area contributed by atoms with E-state index in [-0.39, 0.29) is 11.9 Å². The van der Waals surface area contributed by atoms with Crippen LogP contribution in [0.5, 0.6) is 5.75 Å². The molecule has 10 heteroatoms. The number of carbonyl (C=O) groups is 1. The fourth-order valence-electron chi connectivity index (χ4n) is 5.33. The molecule has 1 aliphatic heterocycles. The molecule has 3 aromatic rings. The normalized spacial score (nSPS) is 18.0. The predicted molar refractivity (Wildman–Crippen MR) is 149 cm³/mol. The predicted octanol–water partition coefficient (Wildman–Crippen LogP) is 4.92. The maximum atomic E-state index is 13.1. The van der Waals surface area contributed by atoms with Gasteiger partial charge in [-0.1, -0.05) is 19.8 Å². The van der Waals surface area contributed by atoms with Crippen molar-refractivity contribution in [3.05, 3.63) is 35.5 Å². The molecule has 5 rings (SSSR count). The molecular weight excluding hydrogens is 486 g/mol. The second-order valence-corrected chi connectivity index (χ2v) is 10.8. The highest BCUT2D eigenvalue weighted by Crippen LogP contribution is 2.40. The highest BCUT2D eigenvalue weighted by atomic mass is 32.1. The van der Waals surface area contributed by atoms with Crippen molar-refractivity contribution in [3.63, 3.8) is 0 Å². The van der Waals surface area contributed by atoms with Crippen molar-refractivity contribution in [2.24, 2.45) is 0 Å². The Morgan fingerprint density at radius 2 is 2.00 bits per heavy atom. The zero-order valence-corrected chi connectivity index (χ0v) is 23.0. The third-order valence-corrected chi connectivity index (χ3v) is 8.08. The molecule has 9 nitrogen and oxygen atoms in total. The van der Waals surface area contributed by atoms with Crippen LogP contribution in [0, 0.1) is 0 Å². The number of rotatable bonds is 8. The summed E-state index contributed by atoms with van der Waals surface area (Å²) >= 11 is 1.63. The van der Waals surface area contributed by atoms with Crippen molar-refractivity contribution < 1.29 is 9.53 Å². The molecule has 1 N–H and O–H groups in total. The Labute approximate surface area is 222 Å². The van der Waals surface area contributed by atoms with Gasteiger partial charge < -0.3 is 24.8 Å². The maximum absolute atomic E-state index is 13.1. The van der Waals surface area contributed by atoms with Gasteiger partial charge in [-0.3, -0.25) is 4.79 Å². The van der Waals surface area contributed by atoms with Gasteiger partial charge in [-0.25, -0.2) is 9.97 Å². The largest absolute Gasteiger partial charge is 0.495 e. The number of anilines is 4. The van der Waals surface area contributed by atoms with Crippen LogP contribution in [0.4, 0.5) is 23.1 Å². The summed E-state index contributed by atoms with van der Waals surface area (Å²) in [4.78, 5) is 33.5. The molecule has 0 bridgehead atoms. The van der Waals surface area contributed by atoms with Gasteiger partial charge in [0.05, 0.1) is 24.7 Å². The summed E-state index contributed by atoms with van der Waals surface area (Å²) in [5, 5.41) is 6.40. The molecular formula is C27H35N7O2S. The molecule has 1 atom stereocenters. The number of methoxy groups -OCH3 is 1. The Morgan fingerprint density at radius 1 is 1.22 bits per heavy atom. The molecule has 3 heterocycles. The Morgan fingerprint density at radius 3 is 2.70 bits per heavy atom. The van der Waals surface area contributed by atoms with Crippen LogP contribution in [0.2, 0.25) is 0 Å². The maximum Gasteiger partial charge on any atom is 0.249 e. The van der Waals surface area contributed by atoms with E-state index in [0.29, 0.717) is 17.7 Å². The van der Waals surface area contributed by atoms with Crippen molar-refractivity contribution in [2.75, 3.05) is 43.4 Å². The van der Waals surface area contributed by atoms with Crippen LogP contribution in [0.15, 0.2) is 29.8 Å². The van der Waals surface area contributed by atoms with Crippen molar-refractivity contribution in [1.29, 1.82) is 0 Å². The molecule has 2 aromatic heterocycles. The van der Waals surface area contributed by atoms with E-state index in [1.165, 1.54) is 12.8 Å². The number of ether oxygens (including phenoxy) is 1. The number of fused-ring (bicyclic) bond motifs is 1. The summed E-state index contributed by atoms with van der Waals surface area (Å²) in [7, 11) is 7.55. The van der Waals surface area contributed by atoms with Crippen molar-refractivity contribution >= 4 is 40.4 Å². The highest BCUT2D eigenvalue weighted by Gasteiger charge is 2.41. The van der Waals surface area contributed by atoms with Gasteiger partial charge in [0.1, 0.15) is 22.5 Å². The van der Waals surface area contributed by atoms with Crippen LogP contribution < -0.4 is 19.9 Å². The fourth-order valence-corrected chi connectivity index (χ4v) is 6.14. The molecule has 37 heavy (non-hydrogen) atoms. The van der Waals surface area contributed by atoms with Gasteiger partial charge in [-0.15, -0.1) is 11.3 Å². The van der Waals surface area contributed by atoms with Gasteiger partial charge in [0.15, 0.2) is 5.82 Å². The minimum Gasteiger partial charge on any atom is -0.495 e. The number of aromatic nitrogens is 3. The molecule has 1 fully saturated rings. The number of hydrogen-bond acceptors (Lipinski definition) is 9. The first-order chi connectivity index (χ1) is 17.9. The first kappa shape index (κ1) is 25.4. The topological polar surface area (TPSA) is 86.7 Å². The summed E-state index contributed by atoms with van der Waals surface area (Å²) in [6.45, 7) is 2.88. The van der Waals surface area contributed by atoms with Crippen LogP contribution in [0.1, 0.15) is 44.7 Å². The first-order valence-corrected chi connectivity index (χ1v) is 13.7. The van der Waals surface area contributed by atoms with Gasteiger partial charge in [0.2, 0.25) is 11.9 Å². The van der Waals surface area contributed by atoms with E-state index in [0.717, 1.165) is 59.3 Å². The van der Waals surface area contributed by atoms with Gasteiger partial charge in [-0.2, -0.15) is 4.98 Å². The average molecular weight is 522 g/mol. The highest BCUT2D eigenvalue weighted by molar-refractivity contribution is 7.13. The van der Waals surface area contributed by atoms with E-state index >= 15 is 0 Å². The number of nitrogens with zero attached hydrogens (tertiary/aromatic N) is 6. The lowest BCUT2D eigenvalue weighted by Crippen LogP contribution is -2.55. The number of amides is 1. The lowest BCUT2D eigenvalue weighted by Gasteiger charge is -2.43. The Balaban J connectivity index is 1.44. The lowest BCUT2D eigenvalue weighted by molar-refractivity contribution is -0.120. The Kier molecular flexibility index (Phi) is 7.30. The minimum atomic E-state index is -0.201. The van der Waals surface area contributed by atoms with E-state index in [1.807, 2.05) is 39.3 Å². The quantitative estimate of drug-likeness (QED) is 0.447. The molecule has 2 aliphatic rings. The number of likely N-dealkylation sites (N-methyl/N-ethyl adjacent to an activating group) is 1. The third-order valence-electron chi connectivity index (χ3n) is 7.14. The van der Waals surface area contributed by atoms with Gasteiger partial charge in [-0.05, 0) is 51.6 Å². The molecule has 1 aromatic carbocycles. The minimum absolute atomic E-state index is 0.111. The third kappa shape index (κ3) is 5.00. The standard InChI is InChI=1S/C27H35N7O2S/c1-6-21-26(35)33(4)22-14-28-27(31-24(22)34(21)19-9-7-8-10-19)30-20-12-11-17(13-23(20)36-5)25-29-18(16-37-25)15-32(2)3/h11-14,16,19,21H,6-10,15H2,1-5H3,(H,28,30,31).